The highest BCUT2D eigenvalue weighted by atomic mass is 16.4. The van der Waals surface area contributed by atoms with Gasteiger partial charge >= 0.3 is 5.97 Å². The number of hydrogen-bond donors (Lipinski definition) is 2. The van der Waals surface area contributed by atoms with Crippen molar-refractivity contribution in [2.75, 3.05) is 6.54 Å². The third-order valence-electron chi connectivity index (χ3n) is 4.37. The van der Waals surface area contributed by atoms with Gasteiger partial charge < -0.3 is 10.4 Å². The zero-order valence-electron chi connectivity index (χ0n) is 10.2. The van der Waals surface area contributed by atoms with E-state index in [4.69, 9.17) is 0 Å². The Balaban J connectivity index is 1.90. The highest BCUT2D eigenvalue weighted by Crippen LogP contribution is 2.35. The summed E-state index contributed by atoms with van der Waals surface area (Å²) in [7, 11) is 0. The molecule has 2 saturated carbocycles. The number of aliphatic carboxylic acids is 1. The molecule has 0 amide bonds. The van der Waals surface area contributed by atoms with Crippen molar-refractivity contribution in [3.05, 3.63) is 0 Å². The van der Waals surface area contributed by atoms with Crippen molar-refractivity contribution in [2.45, 2.75) is 57.4 Å². The van der Waals surface area contributed by atoms with Crippen LogP contribution >= 0.6 is 0 Å². The molecular weight excluding hydrogens is 202 g/mol. The minimum atomic E-state index is -0.636. The lowest BCUT2D eigenvalue weighted by Crippen LogP contribution is -2.54. The Bertz CT molecular complexity index is 253. The summed E-state index contributed by atoms with van der Waals surface area (Å²) in [4.78, 5) is 11.4. The number of carboxylic acids is 1. The fraction of sp³-hybridized carbons (Fsp3) is 0.923. The fourth-order valence-corrected chi connectivity index (χ4v) is 2.71. The van der Waals surface area contributed by atoms with E-state index in [-0.39, 0.29) is 0 Å². The Morgan fingerprint density at radius 3 is 2.31 bits per heavy atom. The molecule has 2 aliphatic carbocycles. The first kappa shape index (κ1) is 11.9. The van der Waals surface area contributed by atoms with Gasteiger partial charge in [0.25, 0.3) is 0 Å². The van der Waals surface area contributed by atoms with Gasteiger partial charge in [-0.1, -0.05) is 13.3 Å². The van der Waals surface area contributed by atoms with Crippen molar-refractivity contribution < 1.29 is 9.90 Å². The second-order valence-electron chi connectivity index (χ2n) is 5.56. The number of hydrogen-bond acceptors (Lipinski definition) is 2. The number of nitrogens with one attached hydrogen (secondary N) is 1. The van der Waals surface area contributed by atoms with E-state index < -0.39 is 11.5 Å². The number of rotatable bonds is 5. The minimum Gasteiger partial charge on any atom is -0.480 e. The van der Waals surface area contributed by atoms with Crippen LogP contribution in [-0.4, -0.2) is 23.2 Å². The third-order valence-corrected chi connectivity index (χ3v) is 4.37. The predicted octanol–water partition coefficient (Wildman–Crippen LogP) is 2.41. The van der Waals surface area contributed by atoms with E-state index in [0.29, 0.717) is 0 Å². The van der Waals surface area contributed by atoms with E-state index in [1.54, 1.807) is 0 Å². The van der Waals surface area contributed by atoms with Crippen LogP contribution in [0.25, 0.3) is 0 Å². The summed E-state index contributed by atoms with van der Waals surface area (Å²) >= 11 is 0. The van der Waals surface area contributed by atoms with Crippen molar-refractivity contribution >= 4 is 5.97 Å². The van der Waals surface area contributed by atoms with Gasteiger partial charge in [-0.05, 0) is 56.9 Å². The highest BCUT2D eigenvalue weighted by molar-refractivity contribution is 5.78. The van der Waals surface area contributed by atoms with Gasteiger partial charge in [0, 0.05) is 0 Å². The lowest BCUT2D eigenvalue weighted by molar-refractivity contribution is -0.146. The quantitative estimate of drug-likeness (QED) is 0.755. The first-order chi connectivity index (χ1) is 7.66. The smallest absolute Gasteiger partial charge is 0.323 e. The first-order valence-electron chi connectivity index (χ1n) is 6.64. The molecule has 92 valence electrons. The summed E-state index contributed by atoms with van der Waals surface area (Å²) < 4.78 is 0. The van der Waals surface area contributed by atoms with Crippen molar-refractivity contribution in [2.24, 2.45) is 11.8 Å². The van der Waals surface area contributed by atoms with Crippen LogP contribution in [0.1, 0.15) is 51.9 Å². The molecule has 2 fully saturated rings. The van der Waals surface area contributed by atoms with Gasteiger partial charge in [-0.2, -0.15) is 0 Å². The Labute approximate surface area is 97.6 Å². The largest absolute Gasteiger partial charge is 0.480 e. The van der Waals surface area contributed by atoms with Gasteiger partial charge in [0.2, 0.25) is 0 Å². The SMILES string of the molecule is CCC1CCC(NCC2CC2)(C(=O)O)CC1. The first-order valence-corrected chi connectivity index (χ1v) is 6.64. The molecule has 0 aromatic rings. The predicted molar refractivity (Wildman–Crippen MR) is 63.3 cm³/mol. The molecule has 0 atom stereocenters. The number of carbonyl (C=O) groups is 1. The maximum Gasteiger partial charge on any atom is 0.323 e. The standard InChI is InChI=1S/C13H23NO2/c1-2-10-5-7-13(8-6-10,12(15)16)14-9-11-3-4-11/h10-11,14H,2-9H2,1H3,(H,15,16). The van der Waals surface area contributed by atoms with Crippen molar-refractivity contribution in [1.29, 1.82) is 0 Å². The van der Waals surface area contributed by atoms with E-state index in [0.717, 1.165) is 44.1 Å². The van der Waals surface area contributed by atoms with Crippen molar-refractivity contribution in [3.63, 3.8) is 0 Å². The highest BCUT2D eigenvalue weighted by Gasteiger charge is 2.42. The summed E-state index contributed by atoms with van der Waals surface area (Å²) in [6.45, 7) is 3.11. The van der Waals surface area contributed by atoms with Gasteiger partial charge in [-0.15, -0.1) is 0 Å². The van der Waals surface area contributed by atoms with Crippen molar-refractivity contribution in [3.8, 4) is 0 Å². The van der Waals surface area contributed by atoms with Gasteiger partial charge in [0.15, 0.2) is 0 Å². The Hall–Kier alpha value is -0.570. The summed E-state index contributed by atoms with van der Waals surface area (Å²) in [6.07, 6.45) is 7.51. The van der Waals surface area contributed by atoms with Crippen LogP contribution in [-0.2, 0) is 4.79 Å². The molecule has 0 aromatic carbocycles. The summed E-state index contributed by atoms with van der Waals surface area (Å²) in [6, 6.07) is 0. The van der Waals surface area contributed by atoms with Crippen LogP contribution in [0.15, 0.2) is 0 Å². The summed E-state index contributed by atoms with van der Waals surface area (Å²) in [5.74, 6) is 0.859. The summed E-state index contributed by atoms with van der Waals surface area (Å²) in [5.41, 5.74) is -0.603. The molecular formula is C13H23NO2. The van der Waals surface area contributed by atoms with Crippen LogP contribution in [0.5, 0.6) is 0 Å². The third kappa shape index (κ3) is 2.57. The lowest BCUT2D eigenvalue weighted by Gasteiger charge is -2.37. The molecule has 0 bridgehead atoms. The van der Waals surface area contributed by atoms with Crippen LogP contribution < -0.4 is 5.32 Å². The van der Waals surface area contributed by atoms with E-state index in [1.807, 2.05) is 0 Å². The second kappa shape index (κ2) is 4.74. The monoisotopic (exact) mass is 225 g/mol. The molecule has 0 saturated heterocycles. The van der Waals surface area contributed by atoms with Crippen molar-refractivity contribution in [1.82, 2.24) is 5.32 Å². The topological polar surface area (TPSA) is 49.3 Å². The average molecular weight is 225 g/mol. The second-order valence-corrected chi connectivity index (χ2v) is 5.56. The lowest BCUT2D eigenvalue weighted by atomic mass is 9.75. The zero-order chi connectivity index (χ0) is 11.6. The molecule has 0 aliphatic heterocycles. The van der Waals surface area contributed by atoms with Gasteiger partial charge in [-0.3, -0.25) is 4.79 Å². The molecule has 0 unspecified atom stereocenters. The van der Waals surface area contributed by atoms with E-state index in [2.05, 4.69) is 12.2 Å². The maximum absolute atomic E-state index is 11.4. The van der Waals surface area contributed by atoms with Crippen LogP contribution in [0.2, 0.25) is 0 Å². The van der Waals surface area contributed by atoms with E-state index in [9.17, 15) is 9.90 Å². The fourth-order valence-electron chi connectivity index (χ4n) is 2.71. The molecule has 0 heterocycles. The normalized spacial score (nSPS) is 34.9. The van der Waals surface area contributed by atoms with Crippen LogP contribution in [0.3, 0.4) is 0 Å². The van der Waals surface area contributed by atoms with Gasteiger partial charge in [-0.25, -0.2) is 0 Å². The molecule has 0 radical (unpaired) electrons. The molecule has 3 nitrogen and oxygen atoms in total. The molecule has 2 aliphatic rings. The van der Waals surface area contributed by atoms with Gasteiger partial charge in [0.1, 0.15) is 5.54 Å². The molecule has 3 heteroatoms. The molecule has 2 N–H and O–H groups in total. The molecule has 16 heavy (non-hydrogen) atoms. The molecule has 2 rings (SSSR count). The van der Waals surface area contributed by atoms with Crippen LogP contribution in [0.4, 0.5) is 0 Å². The molecule has 0 aromatic heterocycles. The maximum atomic E-state index is 11.4. The van der Waals surface area contributed by atoms with Crippen LogP contribution in [0, 0.1) is 11.8 Å². The Morgan fingerprint density at radius 1 is 1.25 bits per heavy atom. The minimum absolute atomic E-state index is 0.603. The van der Waals surface area contributed by atoms with E-state index in [1.165, 1.54) is 19.3 Å². The molecule has 0 spiro atoms. The average Bonchev–Trinajstić information content (AvgIpc) is 3.10. The van der Waals surface area contributed by atoms with E-state index >= 15 is 0 Å². The summed E-state index contributed by atoms with van der Waals surface area (Å²) in [5, 5.41) is 12.8. The Kier molecular flexibility index (Phi) is 3.53. The van der Waals surface area contributed by atoms with Gasteiger partial charge in [0.05, 0.1) is 0 Å². The zero-order valence-corrected chi connectivity index (χ0v) is 10.2. The Morgan fingerprint density at radius 2 is 1.88 bits per heavy atom. The number of carboxylic acid groups (broad SMARTS) is 1.